The second kappa shape index (κ2) is 5.27. The van der Waals surface area contributed by atoms with Crippen LogP contribution in [0.1, 0.15) is 31.4 Å². The fraction of sp³-hybridized carbons (Fsp3) is 0.538. The molecule has 0 aromatic carbocycles. The number of aromatic nitrogens is 1. The minimum absolute atomic E-state index is 0.212. The van der Waals surface area contributed by atoms with Crippen LogP contribution in [0.2, 0.25) is 0 Å². The van der Waals surface area contributed by atoms with E-state index in [1.807, 2.05) is 18.2 Å². The number of nitrogens with one attached hydrogen (secondary N) is 1. The van der Waals surface area contributed by atoms with Crippen molar-refractivity contribution >= 4 is 5.91 Å². The Hall–Kier alpha value is -1.42. The van der Waals surface area contributed by atoms with E-state index in [9.17, 15) is 4.79 Å². The summed E-state index contributed by atoms with van der Waals surface area (Å²) >= 11 is 0. The Balaban J connectivity index is 1.87. The highest BCUT2D eigenvalue weighted by molar-refractivity contribution is 5.85. The van der Waals surface area contributed by atoms with Crippen LogP contribution in [-0.2, 0) is 11.2 Å². The molecule has 4 heteroatoms. The van der Waals surface area contributed by atoms with E-state index in [1.165, 1.54) is 0 Å². The van der Waals surface area contributed by atoms with Crippen LogP contribution in [-0.4, -0.2) is 23.0 Å². The zero-order chi connectivity index (χ0) is 12.1. The molecule has 0 aliphatic carbocycles. The Kier molecular flexibility index (Phi) is 3.74. The van der Waals surface area contributed by atoms with Crippen molar-refractivity contribution in [2.24, 2.45) is 5.73 Å². The number of carbonyl (C=O) groups is 1. The number of nitrogens with zero attached hydrogens (tertiary/aromatic N) is 1. The summed E-state index contributed by atoms with van der Waals surface area (Å²) in [5.74, 6) is -0.212. The molecule has 1 amide bonds. The first-order valence-electron chi connectivity index (χ1n) is 6.18. The van der Waals surface area contributed by atoms with E-state index in [1.54, 1.807) is 6.20 Å². The SMILES string of the molecule is NC(=O)C1(CCCc2ccccn2)CCCN1. The molecule has 3 N–H and O–H groups in total. The van der Waals surface area contributed by atoms with Crippen molar-refractivity contribution in [2.45, 2.75) is 37.6 Å². The maximum absolute atomic E-state index is 11.5. The molecule has 0 saturated carbocycles. The maximum Gasteiger partial charge on any atom is 0.237 e. The molecule has 1 saturated heterocycles. The van der Waals surface area contributed by atoms with Crippen molar-refractivity contribution in [3.63, 3.8) is 0 Å². The Morgan fingerprint density at radius 2 is 2.41 bits per heavy atom. The third-order valence-electron chi connectivity index (χ3n) is 3.48. The highest BCUT2D eigenvalue weighted by atomic mass is 16.1. The minimum atomic E-state index is -0.464. The van der Waals surface area contributed by atoms with Crippen LogP contribution in [0, 0.1) is 0 Å². The van der Waals surface area contributed by atoms with Crippen molar-refractivity contribution in [3.05, 3.63) is 30.1 Å². The van der Waals surface area contributed by atoms with Gasteiger partial charge in [-0.3, -0.25) is 9.78 Å². The largest absolute Gasteiger partial charge is 0.368 e. The van der Waals surface area contributed by atoms with Gasteiger partial charge < -0.3 is 11.1 Å². The molecule has 0 spiro atoms. The number of aryl methyl sites for hydroxylation is 1. The first-order chi connectivity index (χ1) is 8.23. The summed E-state index contributed by atoms with van der Waals surface area (Å²) in [6, 6.07) is 5.91. The molecular formula is C13H19N3O. The molecule has 1 atom stereocenters. The second-order valence-corrected chi connectivity index (χ2v) is 4.65. The summed E-state index contributed by atoms with van der Waals surface area (Å²) in [5, 5.41) is 3.26. The van der Waals surface area contributed by atoms with Gasteiger partial charge in [-0.15, -0.1) is 0 Å². The number of hydrogen-bond acceptors (Lipinski definition) is 3. The van der Waals surface area contributed by atoms with Crippen LogP contribution in [0.15, 0.2) is 24.4 Å². The smallest absolute Gasteiger partial charge is 0.237 e. The monoisotopic (exact) mass is 233 g/mol. The van der Waals surface area contributed by atoms with Gasteiger partial charge in [0.05, 0.1) is 5.54 Å². The number of hydrogen-bond donors (Lipinski definition) is 2. The lowest BCUT2D eigenvalue weighted by Crippen LogP contribution is -2.51. The summed E-state index contributed by atoms with van der Waals surface area (Å²) < 4.78 is 0. The fourth-order valence-electron chi connectivity index (χ4n) is 2.47. The van der Waals surface area contributed by atoms with E-state index in [0.29, 0.717) is 0 Å². The zero-order valence-corrected chi connectivity index (χ0v) is 9.98. The molecular weight excluding hydrogens is 214 g/mol. The third kappa shape index (κ3) is 2.82. The van der Waals surface area contributed by atoms with Gasteiger partial charge in [0.1, 0.15) is 0 Å². The molecule has 0 radical (unpaired) electrons. The van der Waals surface area contributed by atoms with Crippen LogP contribution >= 0.6 is 0 Å². The normalized spacial score (nSPS) is 23.8. The molecule has 1 aromatic heterocycles. The number of rotatable bonds is 5. The van der Waals surface area contributed by atoms with Crippen molar-refractivity contribution in [3.8, 4) is 0 Å². The number of primary amides is 1. The molecule has 4 nitrogen and oxygen atoms in total. The molecule has 92 valence electrons. The van der Waals surface area contributed by atoms with E-state index >= 15 is 0 Å². The molecule has 1 unspecified atom stereocenters. The minimum Gasteiger partial charge on any atom is -0.368 e. The lowest BCUT2D eigenvalue weighted by molar-refractivity contribution is -0.124. The van der Waals surface area contributed by atoms with Crippen LogP contribution in [0.25, 0.3) is 0 Å². The zero-order valence-electron chi connectivity index (χ0n) is 9.98. The molecule has 2 rings (SSSR count). The Morgan fingerprint density at radius 3 is 3.00 bits per heavy atom. The molecule has 1 fully saturated rings. The van der Waals surface area contributed by atoms with Gasteiger partial charge in [-0.2, -0.15) is 0 Å². The summed E-state index contributed by atoms with van der Waals surface area (Å²) in [5.41, 5.74) is 6.11. The van der Waals surface area contributed by atoms with Gasteiger partial charge in [0, 0.05) is 11.9 Å². The quantitative estimate of drug-likeness (QED) is 0.797. The van der Waals surface area contributed by atoms with Crippen molar-refractivity contribution in [1.82, 2.24) is 10.3 Å². The van der Waals surface area contributed by atoms with E-state index in [2.05, 4.69) is 10.3 Å². The third-order valence-corrected chi connectivity index (χ3v) is 3.48. The van der Waals surface area contributed by atoms with Crippen molar-refractivity contribution in [2.75, 3.05) is 6.54 Å². The Morgan fingerprint density at radius 1 is 1.53 bits per heavy atom. The number of pyridine rings is 1. The first kappa shape index (κ1) is 12.0. The van der Waals surface area contributed by atoms with E-state index < -0.39 is 5.54 Å². The Bertz CT molecular complexity index is 372. The van der Waals surface area contributed by atoms with Gasteiger partial charge in [-0.1, -0.05) is 6.07 Å². The average Bonchev–Trinajstić information content (AvgIpc) is 2.80. The van der Waals surface area contributed by atoms with Crippen molar-refractivity contribution in [1.29, 1.82) is 0 Å². The predicted molar refractivity (Wildman–Crippen MR) is 66.3 cm³/mol. The topological polar surface area (TPSA) is 68.0 Å². The van der Waals surface area contributed by atoms with Crippen LogP contribution in [0.5, 0.6) is 0 Å². The van der Waals surface area contributed by atoms with Gasteiger partial charge in [-0.25, -0.2) is 0 Å². The van der Waals surface area contributed by atoms with Crippen LogP contribution < -0.4 is 11.1 Å². The lowest BCUT2D eigenvalue weighted by atomic mass is 9.90. The fourth-order valence-corrected chi connectivity index (χ4v) is 2.47. The molecule has 0 bridgehead atoms. The molecule has 1 aromatic rings. The molecule has 1 aliphatic heterocycles. The highest BCUT2D eigenvalue weighted by Gasteiger charge is 2.38. The lowest BCUT2D eigenvalue weighted by Gasteiger charge is -2.25. The molecule has 1 aliphatic rings. The second-order valence-electron chi connectivity index (χ2n) is 4.65. The first-order valence-corrected chi connectivity index (χ1v) is 6.18. The standard InChI is InChI=1S/C13H19N3O/c14-12(17)13(8-4-10-16-13)7-3-6-11-5-1-2-9-15-11/h1-2,5,9,16H,3-4,6-8,10H2,(H2,14,17). The van der Waals surface area contributed by atoms with Gasteiger partial charge in [0.25, 0.3) is 0 Å². The maximum atomic E-state index is 11.5. The number of amides is 1. The Labute approximate surface area is 102 Å². The number of carbonyl (C=O) groups excluding carboxylic acids is 1. The van der Waals surface area contributed by atoms with Crippen LogP contribution in [0.4, 0.5) is 0 Å². The summed E-state index contributed by atoms with van der Waals surface area (Å²) in [7, 11) is 0. The van der Waals surface area contributed by atoms with E-state index in [4.69, 9.17) is 5.73 Å². The average molecular weight is 233 g/mol. The van der Waals surface area contributed by atoms with Crippen LogP contribution in [0.3, 0.4) is 0 Å². The van der Waals surface area contributed by atoms with E-state index in [0.717, 1.165) is 44.3 Å². The van der Waals surface area contributed by atoms with Gasteiger partial charge in [-0.05, 0) is 50.8 Å². The summed E-state index contributed by atoms with van der Waals surface area (Å²) in [6.07, 6.45) is 6.34. The predicted octanol–water partition coefficient (Wildman–Crippen LogP) is 1.01. The van der Waals surface area contributed by atoms with Gasteiger partial charge in [0.15, 0.2) is 0 Å². The van der Waals surface area contributed by atoms with E-state index in [-0.39, 0.29) is 5.91 Å². The van der Waals surface area contributed by atoms with Gasteiger partial charge in [0.2, 0.25) is 5.91 Å². The highest BCUT2D eigenvalue weighted by Crippen LogP contribution is 2.24. The molecule has 17 heavy (non-hydrogen) atoms. The number of nitrogens with two attached hydrogens (primary N) is 1. The van der Waals surface area contributed by atoms with Gasteiger partial charge >= 0.3 is 0 Å². The van der Waals surface area contributed by atoms with Crippen molar-refractivity contribution < 1.29 is 4.79 Å². The summed E-state index contributed by atoms with van der Waals surface area (Å²) in [4.78, 5) is 15.8. The summed E-state index contributed by atoms with van der Waals surface area (Å²) in [6.45, 7) is 0.895. The molecule has 2 heterocycles.